The third kappa shape index (κ3) is 4.54. The predicted octanol–water partition coefficient (Wildman–Crippen LogP) is 2.56. The van der Waals surface area contributed by atoms with Crippen LogP contribution in [0.4, 0.5) is 0 Å². The Labute approximate surface area is 171 Å². The van der Waals surface area contributed by atoms with Gasteiger partial charge in [0.15, 0.2) is 11.5 Å². The van der Waals surface area contributed by atoms with Gasteiger partial charge in [-0.1, -0.05) is 38.1 Å². The largest absolute Gasteiger partial charge is 0.482 e. The topological polar surface area (TPSA) is 84.9 Å². The van der Waals surface area contributed by atoms with Crippen molar-refractivity contribution in [2.75, 3.05) is 13.1 Å². The fraction of sp³-hybridized carbons (Fsp3) is 0.381. The lowest BCUT2D eigenvalue weighted by Gasteiger charge is -2.31. The van der Waals surface area contributed by atoms with E-state index in [1.807, 2.05) is 12.1 Å². The first-order valence-electron chi connectivity index (χ1n) is 9.66. The molecule has 0 saturated carbocycles. The quantitative estimate of drug-likeness (QED) is 0.747. The molecule has 0 aliphatic carbocycles. The first-order chi connectivity index (χ1) is 13.9. The fourth-order valence-electron chi connectivity index (χ4n) is 3.19. The number of fused-ring (bicyclic) bond motifs is 1. The van der Waals surface area contributed by atoms with E-state index in [0.29, 0.717) is 24.6 Å². The molecule has 0 radical (unpaired) electrons. The number of sulfonamides is 1. The van der Waals surface area contributed by atoms with Crippen LogP contribution in [0.25, 0.3) is 0 Å². The molecule has 1 heterocycles. The summed E-state index contributed by atoms with van der Waals surface area (Å²) in [6.07, 6.45) is -1.18. The van der Waals surface area contributed by atoms with E-state index < -0.39 is 22.2 Å². The van der Waals surface area contributed by atoms with E-state index in [9.17, 15) is 13.2 Å². The number of nitrogens with zero attached hydrogens (tertiary/aromatic N) is 1. The Morgan fingerprint density at radius 1 is 1.00 bits per heavy atom. The highest BCUT2D eigenvalue weighted by molar-refractivity contribution is 7.89. The van der Waals surface area contributed by atoms with Crippen molar-refractivity contribution < 1.29 is 22.7 Å². The van der Waals surface area contributed by atoms with Gasteiger partial charge in [0.05, 0.1) is 4.90 Å². The number of hydrogen-bond acceptors (Lipinski definition) is 5. The van der Waals surface area contributed by atoms with Gasteiger partial charge in [-0.15, -0.1) is 0 Å². The number of carbonyl (C=O) groups excluding carboxylic acids is 1. The SMILES string of the molecule is CCN(CC)S(=O)(=O)c1ccc(CNC(=O)[C@H]2Oc3ccccc3O[C@@H]2C)cc1. The van der Waals surface area contributed by atoms with Crippen molar-refractivity contribution in [2.45, 2.75) is 44.4 Å². The summed E-state index contributed by atoms with van der Waals surface area (Å²) in [6.45, 7) is 6.50. The highest BCUT2D eigenvalue weighted by atomic mass is 32.2. The second-order valence-corrected chi connectivity index (χ2v) is 8.70. The Kier molecular flexibility index (Phi) is 6.44. The molecule has 8 heteroatoms. The average molecular weight is 419 g/mol. The van der Waals surface area contributed by atoms with Crippen molar-refractivity contribution in [2.24, 2.45) is 0 Å². The standard InChI is InChI=1S/C21H26N2O5S/c1-4-23(5-2)29(25,26)17-12-10-16(11-13-17)14-22-21(24)20-15(3)27-18-8-6-7-9-19(18)28-20/h6-13,15,20H,4-5,14H2,1-3H3,(H,22,24)/t15-,20+/m1/s1. The van der Waals surface area contributed by atoms with E-state index in [-0.39, 0.29) is 17.3 Å². The first kappa shape index (κ1) is 21.1. The van der Waals surface area contributed by atoms with Crippen molar-refractivity contribution in [3.63, 3.8) is 0 Å². The summed E-state index contributed by atoms with van der Waals surface area (Å²) in [5.41, 5.74) is 0.793. The minimum Gasteiger partial charge on any atom is -0.482 e. The lowest BCUT2D eigenvalue weighted by atomic mass is 10.1. The number of nitrogens with one attached hydrogen (secondary N) is 1. The van der Waals surface area contributed by atoms with E-state index in [1.54, 1.807) is 57.2 Å². The second-order valence-electron chi connectivity index (χ2n) is 6.76. The van der Waals surface area contributed by atoms with E-state index in [0.717, 1.165) is 5.56 Å². The molecule has 29 heavy (non-hydrogen) atoms. The third-order valence-electron chi connectivity index (χ3n) is 4.83. The molecule has 2 atom stereocenters. The zero-order valence-electron chi connectivity index (χ0n) is 16.8. The van der Waals surface area contributed by atoms with Gasteiger partial charge in [-0.05, 0) is 36.8 Å². The molecule has 1 N–H and O–H groups in total. The van der Waals surface area contributed by atoms with Gasteiger partial charge in [-0.3, -0.25) is 4.79 Å². The van der Waals surface area contributed by atoms with Crippen molar-refractivity contribution >= 4 is 15.9 Å². The summed E-state index contributed by atoms with van der Waals surface area (Å²) >= 11 is 0. The van der Waals surface area contributed by atoms with Crippen LogP contribution in [0.2, 0.25) is 0 Å². The van der Waals surface area contributed by atoms with Gasteiger partial charge in [-0.25, -0.2) is 8.42 Å². The molecule has 0 saturated heterocycles. The number of para-hydroxylation sites is 2. The predicted molar refractivity (Wildman–Crippen MR) is 109 cm³/mol. The van der Waals surface area contributed by atoms with Crippen LogP contribution >= 0.6 is 0 Å². The molecule has 1 aliphatic rings. The number of rotatable bonds is 7. The number of benzene rings is 2. The van der Waals surface area contributed by atoms with Gasteiger partial charge in [-0.2, -0.15) is 4.31 Å². The molecule has 7 nitrogen and oxygen atoms in total. The Morgan fingerprint density at radius 3 is 2.17 bits per heavy atom. The first-order valence-corrected chi connectivity index (χ1v) is 11.1. The van der Waals surface area contributed by atoms with Crippen LogP contribution in [0, 0.1) is 0 Å². The summed E-state index contributed by atoms with van der Waals surface area (Å²) in [6, 6.07) is 13.8. The van der Waals surface area contributed by atoms with Gasteiger partial charge in [0.1, 0.15) is 6.10 Å². The molecule has 0 spiro atoms. The maximum Gasteiger partial charge on any atom is 0.265 e. The molecular weight excluding hydrogens is 392 g/mol. The van der Waals surface area contributed by atoms with Crippen LogP contribution in [-0.4, -0.2) is 43.9 Å². The summed E-state index contributed by atoms with van der Waals surface area (Å²) in [4.78, 5) is 12.8. The summed E-state index contributed by atoms with van der Waals surface area (Å²) < 4.78 is 38.0. The van der Waals surface area contributed by atoms with Crippen molar-refractivity contribution in [3.05, 3.63) is 54.1 Å². The molecule has 1 amide bonds. The number of ether oxygens (including phenoxy) is 2. The lowest BCUT2D eigenvalue weighted by Crippen LogP contribution is -2.48. The molecule has 156 valence electrons. The Balaban J connectivity index is 1.62. The molecule has 0 aromatic heterocycles. The maximum atomic E-state index is 12.6. The molecule has 1 aliphatic heterocycles. The minimum atomic E-state index is -3.49. The Bertz CT molecular complexity index is 955. The zero-order chi connectivity index (χ0) is 21.0. The number of hydrogen-bond donors (Lipinski definition) is 1. The highest BCUT2D eigenvalue weighted by Crippen LogP contribution is 2.33. The van der Waals surface area contributed by atoms with Crippen LogP contribution in [0.1, 0.15) is 26.3 Å². The minimum absolute atomic E-state index is 0.241. The Hall–Kier alpha value is -2.58. The molecule has 0 unspecified atom stereocenters. The maximum absolute atomic E-state index is 12.6. The summed E-state index contributed by atoms with van der Waals surface area (Å²) in [5, 5.41) is 2.83. The van der Waals surface area contributed by atoms with E-state index in [1.165, 1.54) is 4.31 Å². The van der Waals surface area contributed by atoms with Gasteiger partial charge in [0.25, 0.3) is 5.91 Å². The van der Waals surface area contributed by atoms with Crippen LogP contribution in [0.3, 0.4) is 0 Å². The molecular formula is C21H26N2O5S. The van der Waals surface area contributed by atoms with Gasteiger partial charge >= 0.3 is 0 Å². The number of carbonyl (C=O) groups is 1. The zero-order valence-corrected chi connectivity index (χ0v) is 17.6. The molecule has 2 aromatic rings. The average Bonchev–Trinajstić information content (AvgIpc) is 2.72. The Morgan fingerprint density at radius 2 is 1.59 bits per heavy atom. The van der Waals surface area contributed by atoms with E-state index in [2.05, 4.69) is 5.32 Å². The van der Waals surface area contributed by atoms with Gasteiger partial charge < -0.3 is 14.8 Å². The highest BCUT2D eigenvalue weighted by Gasteiger charge is 2.33. The van der Waals surface area contributed by atoms with E-state index >= 15 is 0 Å². The smallest absolute Gasteiger partial charge is 0.265 e. The van der Waals surface area contributed by atoms with Crippen molar-refractivity contribution in [1.29, 1.82) is 0 Å². The molecule has 3 rings (SSSR count). The second kappa shape index (κ2) is 8.84. The van der Waals surface area contributed by atoms with Crippen LogP contribution < -0.4 is 14.8 Å². The molecule has 0 fully saturated rings. The van der Waals surface area contributed by atoms with Crippen LogP contribution in [0.5, 0.6) is 11.5 Å². The summed E-state index contributed by atoms with van der Waals surface area (Å²) in [7, 11) is -3.49. The molecule has 2 aromatic carbocycles. The van der Waals surface area contributed by atoms with Crippen molar-refractivity contribution in [3.8, 4) is 11.5 Å². The normalized spacial score (nSPS) is 18.5. The van der Waals surface area contributed by atoms with Crippen molar-refractivity contribution in [1.82, 2.24) is 9.62 Å². The summed E-state index contributed by atoms with van der Waals surface area (Å²) in [5.74, 6) is 0.873. The van der Waals surface area contributed by atoms with Gasteiger partial charge in [0.2, 0.25) is 16.1 Å². The van der Waals surface area contributed by atoms with Gasteiger partial charge in [0, 0.05) is 19.6 Å². The third-order valence-corrected chi connectivity index (χ3v) is 6.90. The lowest BCUT2D eigenvalue weighted by molar-refractivity contribution is -0.133. The van der Waals surface area contributed by atoms with Crippen LogP contribution in [0.15, 0.2) is 53.4 Å². The number of amides is 1. The van der Waals surface area contributed by atoms with Crippen LogP contribution in [-0.2, 0) is 21.4 Å². The monoisotopic (exact) mass is 418 g/mol. The molecule has 0 bridgehead atoms. The fourth-order valence-corrected chi connectivity index (χ4v) is 4.65. The van der Waals surface area contributed by atoms with E-state index in [4.69, 9.17) is 9.47 Å².